The number of aromatic nitrogens is 2. The Bertz CT molecular complexity index is 467. The molecule has 0 unspecified atom stereocenters. The van der Waals surface area contributed by atoms with Crippen molar-refractivity contribution in [3.05, 3.63) is 47.0 Å². The summed E-state index contributed by atoms with van der Waals surface area (Å²) in [7, 11) is 0. The Balaban J connectivity index is 2.52. The Morgan fingerprint density at radius 1 is 1.29 bits per heavy atom. The van der Waals surface area contributed by atoms with E-state index < -0.39 is 0 Å². The minimum Gasteiger partial charge on any atom is -0.275 e. The summed E-state index contributed by atoms with van der Waals surface area (Å²) >= 11 is 0. The van der Waals surface area contributed by atoms with Crippen molar-refractivity contribution in [1.82, 2.24) is 10.2 Å². The standard InChI is InChI=1S/C9H7N5/c10-14-13-9-8(6-11-12-9)7-4-2-1-3-5-7/h1-6H,(H,11,12). The van der Waals surface area contributed by atoms with E-state index >= 15 is 0 Å². The van der Waals surface area contributed by atoms with Crippen LogP contribution >= 0.6 is 0 Å². The van der Waals surface area contributed by atoms with Crippen LogP contribution in [0.25, 0.3) is 21.6 Å². The summed E-state index contributed by atoms with van der Waals surface area (Å²) in [5, 5.41) is 9.97. The third kappa shape index (κ3) is 1.44. The Morgan fingerprint density at radius 3 is 2.79 bits per heavy atom. The van der Waals surface area contributed by atoms with Crippen molar-refractivity contribution in [1.29, 1.82) is 0 Å². The van der Waals surface area contributed by atoms with Gasteiger partial charge in [0.1, 0.15) is 5.82 Å². The highest BCUT2D eigenvalue weighted by Gasteiger charge is 2.04. The maximum atomic E-state index is 8.32. The van der Waals surface area contributed by atoms with Gasteiger partial charge in [-0.15, -0.1) is 0 Å². The second-order valence-electron chi connectivity index (χ2n) is 2.69. The number of hydrogen-bond donors (Lipinski definition) is 1. The predicted octanol–water partition coefficient (Wildman–Crippen LogP) is 3.02. The van der Waals surface area contributed by atoms with Gasteiger partial charge in [-0.05, 0) is 16.2 Å². The van der Waals surface area contributed by atoms with Crippen molar-refractivity contribution in [2.45, 2.75) is 0 Å². The molecule has 1 aromatic carbocycles. The second kappa shape index (κ2) is 3.64. The molecule has 1 heterocycles. The van der Waals surface area contributed by atoms with Crippen LogP contribution in [-0.4, -0.2) is 10.2 Å². The third-order valence-corrected chi connectivity index (χ3v) is 1.85. The van der Waals surface area contributed by atoms with Crippen LogP contribution in [0.1, 0.15) is 0 Å². The van der Waals surface area contributed by atoms with E-state index in [1.807, 2.05) is 30.3 Å². The molecule has 0 aliphatic heterocycles. The molecule has 0 saturated heterocycles. The summed E-state index contributed by atoms with van der Waals surface area (Å²) in [5.74, 6) is 0.443. The summed E-state index contributed by atoms with van der Waals surface area (Å²) in [6, 6.07) is 9.63. The Kier molecular flexibility index (Phi) is 2.17. The number of nitrogens with one attached hydrogen (secondary N) is 1. The molecule has 1 aromatic heterocycles. The van der Waals surface area contributed by atoms with Gasteiger partial charge in [0, 0.05) is 10.5 Å². The van der Waals surface area contributed by atoms with Gasteiger partial charge in [0.2, 0.25) is 0 Å². The van der Waals surface area contributed by atoms with Crippen LogP contribution in [0.15, 0.2) is 41.6 Å². The molecule has 0 spiro atoms. The minimum atomic E-state index is 0.443. The van der Waals surface area contributed by atoms with Gasteiger partial charge in [0.15, 0.2) is 0 Å². The fourth-order valence-electron chi connectivity index (χ4n) is 1.23. The van der Waals surface area contributed by atoms with E-state index in [1.165, 1.54) is 0 Å². The number of aromatic amines is 1. The van der Waals surface area contributed by atoms with Crippen LogP contribution in [0, 0.1) is 0 Å². The van der Waals surface area contributed by atoms with Gasteiger partial charge in [-0.3, -0.25) is 5.10 Å². The highest BCUT2D eigenvalue weighted by Crippen LogP contribution is 2.27. The second-order valence-corrected chi connectivity index (χ2v) is 2.69. The molecule has 0 atom stereocenters. The van der Waals surface area contributed by atoms with Gasteiger partial charge in [-0.2, -0.15) is 5.10 Å². The molecule has 2 aromatic rings. The normalized spacial score (nSPS) is 9.43. The molecule has 0 fully saturated rings. The molecule has 0 saturated carbocycles. The lowest BCUT2D eigenvalue weighted by Gasteiger charge is -1.96. The van der Waals surface area contributed by atoms with Gasteiger partial charge in [0.05, 0.1) is 6.20 Å². The molecule has 0 radical (unpaired) electrons. The van der Waals surface area contributed by atoms with E-state index in [9.17, 15) is 0 Å². The van der Waals surface area contributed by atoms with Crippen molar-refractivity contribution in [2.24, 2.45) is 5.11 Å². The maximum absolute atomic E-state index is 8.32. The van der Waals surface area contributed by atoms with E-state index in [0.717, 1.165) is 11.1 Å². The van der Waals surface area contributed by atoms with Crippen LogP contribution in [0.3, 0.4) is 0 Å². The number of H-pyrrole nitrogens is 1. The van der Waals surface area contributed by atoms with Gasteiger partial charge >= 0.3 is 0 Å². The van der Waals surface area contributed by atoms with Crippen molar-refractivity contribution in [3.8, 4) is 11.1 Å². The molecule has 0 aliphatic carbocycles. The van der Waals surface area contributed by atoms with E-state index in [-0.39, 0.29) is 0 Å². The number of benzene rings is 1. The summed E-state index contributed by atoms with van der Waals surface area (Å²) < 4.78 is 0. The smallest absolute Gasteiger partial charge is 0.129 e. The zero-order chi connectivity index (χ0) is 9.80. The fraction of sp³-hybridized carbons (Fsp3) is 0. The zero-order valence-electron chi connectivity index (χ0n) is 7.25. The van der Waals surface area contributed by atoms with Crippen LogP contribution in [0.4, 0.5) is 5.82 Å². The topological polar surface area (TPSA) is 77.4 Å². The molecule has 0 bridgehead atoms. The number of nitrogens with zero attached hydrogens (tertiary/aromatic N) is 4. The van der Waals surface area contributed by atoms with Crippen molar-refractivity contribution in [3.63, 3.8) is 0 Å². The van der Waals surface area contributed by atoms with Crippen molar-refractivity contribution >= 4 is 5.82 Å². The van der Waals surface area contributed by atoms with Gasteiger partial charge in [-0.25, -0.2) is 0 Å². The molecule has 0 aliphatic rings. The number of rotatable bonds is 2. The molecule has 0 amide bonds. The maximum Gasteiger partial charge on any atom is 0.129 e. The Morgan fingerprint density at radius 2 is 2.07 bits per heavy atom. The summed E-state index contributed by atoms with van der Waals surface area (Å²) in [6.07, 6.45) is 1.64. The first kappa shape index (κ1) is 8.34. The molecular weight excluding hydrogens is 178 g/mol. The Labute approximate surface area is 80.0 Å². The molecule has 5 heteroatoms. The van der Waals surface area contributed by atoms with Crippen molar-refractivity contribution in [2.75, 3.05) is 0 Å². The first-order valence-electron chi connectivity index (χ1n) is 4.05. The van der Waals surface area contributed by atoms with E-state index in [4.69, 9.17) is 5.53 Å². The first-order valence-corrected chi connectivity index (χ1v) is 4.05. The number of hydrogen-bond acceptors (Lipinski definition) is 2. The molecule has 2 rings (SSSR count). The lowest BCUT2D eigenvalue weighted by molar-refractivity contribution is 1.08. The highest BCUT2D eigenvalue weighted by atomic mass is 15.2. The quantitative estimate of drug-likeness (QED) is 0.435. The molecule has 5 nitrogen and oxygen atoms in total. The number of azide groups is 1. The van der Waals surface area contributed by atoms with Gasteiger partial charge < -0.3 is 0 Å². The lowest BCUT2D eigenvalue weighted by Crippen LogP contribution is -1.72. The summed E-state index contributed by atoms with van der Waals surface area (Å²) in [6.45, 7) is 0. The molecular formula is C9H7N5. The van der Waals surface area contributed by atoms with Crippen LogP contribution in [-0.2, 0) is 0 Å². The van der Waals surface area contributed by atoms with E-state index in [2.05, 4.69) is 20.2 Å². The summed E-state index contributed by atoms with van der Waals surface area (Å²) in [5.41, 5.74) is 10.1. The predicted molar refractivity (Wildman–Crippen MR) is 52.8 cm³/mol. The first-order chi connectivity index (χ1) is 6.92. The molecule has 68 valence electrons. The third-order valence-electron chi connectivity index (χ3n) is 1.85. The van der Waals surface area contributed by atoms with E-state index in [0.29, 0.717) is 5.82 Å². The summed E-state index contributed by atoms with van der Waals surface area (Å²) in [4.78, 5) is 2.72. The lowest BCUT2D eigenvalue weighted by atomic mass is 10.1. The highest BCUT2D eigenvalue weighted by molar-refractivity contribution is 5.72. The monoisotopic (exact) mass is 185 g/mol. The fourth-order valence-corrected chi connectivity index (χ4v) is 1.23. The minimum absolute atomic E-state index is 0.443. The Hall–Kier alpha value is -2.26. The SMILES string of the molecule is [N-]=[N+]=Nc1[nH]ncc1-c1ccccc1. The average molecular weight is 185 g/mol. The van der Waals surface area contributed by atoms with Crippen LogP contribution in [0.5, 0.6) is 0 Å². The van der Waals surface area contributed by atoms with Crippen molar-refractivity contribution < 1.29 is 0 Å². The van der Waals surface area contributed by atoms with Gasteiger partial charge in [0.25, 0.3) is 0 Å². The molecule has 1 N–H and O–H groups in total. The van der Waals surface area contributed by atoms with E-state index in [1.54, 1.807) is 6.20 Å². The largest absolute Gasteiger partial charge is 0.275 e. The zero-order valence-corrected chi connectivity index (χ0v) is 7.25. The van der Waals surface area contributed by atoms with Gasteiger partial charge in [-0.1, -0.05) is 30.3 Å². The van der Waals surface area contributed by atoms with Crippen LogP contribution < -0.4 is 0 Å². The van der Waals surface area contributed by atoms with Crippen LogP contribution in [0.2, 0.25) is 0 Å². The average Bonchev–Trinajstić information content (AvgIpc) is 2.68. The molecule has 14 heavy (non-hydrogen) atoms.